The summed E-state index contributed by atoms with van der Waals surface area (Å²) in [5, 5.41) is 7.60. The summed E-state index contributed by atoms with van der Waals surface area (Å²) in [4.78, 5) is 29.3. The van der Waals surface area contributed by atoms with Gasteiger partial charge in [-0.25, -0.2) is 5.43 Å². The molecule has 40 heavy (non-hydrogen) atoms. The largest absolute Gasteiger partial charge is 0.378 e. The molecule has 1 saturated heterocycles. The second-order valence-electron chi connectivity index (χ2n) is 13.2. The summed E-state index contributed by atoms with van der Waals surface area (Å²) >= 11 is 0. The first-order chi connectivity index (χ1) is 19.4. The maximum atomic E-state index is 13.6. The van der Waals surface area contributed by atoms with Crippen LogP contribution in [0, 0.1) is 29.1 Å². The van der Waals surface area contributed by atoms with E-state index in [0.717, 1.165) is 50.8 Å². The summed E-state index contributed by atoms with van der Waals surface area (Å²) in [6.07, 6.45) is 12.7. The van der Waals surface area contributed by atoms with E-state index in [1.807, 2.05) is 26.1 Å². The lowest BCUT2D eigenvalue weighted by atomic mass is 9.49. The van der Waals surface area contributed by atoms with Crippen LogP contribution in [0.25, 0.3) is 6.08 Å². The highest BCUT2D eigenvalue weighted by Crippen LogP contribution is 2.60. The van der Waals surface area contributed by atoms with Gasteiger partial charge in [-0.05, 0) is 97.8 Å². The highest BCUT2D eigenvalue weighted by molar-refractivity contribution is 5.91. The second kappa shape index (κ2) is 11.5. The number of allylic oxidation sites excluding steroid dienone is 2. The normalized spacial score (nSPS) is 31.4. The van der Waals surface area contributed by atoms with Crippen LogP contribution in [0.15, 0.2) is 52.3 Å². The Morgan fingerprint density at radius 1 is 1.00 bits per heavy atom. The van der Waals surface area contributed by atoms with Gasteiger partial charge < -0.3 is 15.0 Å². The molecule has 0 radical (unpaired) electrons. The minimum Gasteiger partial charge on any atom is -0.378 e. The summed E-state index contributed by atoms with van der Waals surface area (Å²) in [6, 6.07) is 9.81. The number of hydrazone groups is 1. The lowest BCUT2D eigenvalue weighted by Gasteiger charge is -2.55. The molecule has 5 aliphatic carbocycles. The highest BCUT2D eigenvalue weighted by atomic mass is 16.5. The molecule has 1 atom stereocenters. The molecule has 1 aromatic carbocycles. The second-order valence-corrected chi connectivity index (χ2v) is 13.2. The average molecular weight is 545 g/mol. The minimum atomic E-state index is -0.595. The molecule has 5 fully saturated rings. The van der Waals surface area contributed by atoms with Gasteiger partial charge in [0.15, 0.2) is 0 Å². The zero-order valence-corrected chi connectivity index (χ0v) is 24.0. The zero-order valence-electron chi connectivity index (χ0n) is 24.0. The Bertz CT molecular complexity index is 1160. The molecule has 2 N–H and O–H groups in total. The average Bonchev–Trinajstić information content (AvgIpc) is 3.33. The SMILES string of the molecule is CC(C)[C@@H](NC(=O)C12CC3CC(CC(C3)C1)C2)C(=O)N/N=C\C1=C(N2CCOCC2)C(=C/c2ccccc2)/CC1. The van der Waals surface area contributed by atoms with Crippen LogP contribution in [0.1, 0.15) is 70.8 Å². The fourth-order valence-electron chi connectivity index (χ4n) is 8.38. The first kappa shape index (κ1) is 27.3. The third-order valence-electron chi connectivity index (χ3n) is 9.89. The number of carbonyl (C=O) groups is 2. The van der Waals surface area contributed by atoms with Crippen molar-refractivity contribution < 1.29 is 14.3 Å². The van der Waals surface area contributed by atoms with Crippen molar-refractivity contribution >= 4 is 24.1 Å². The van der Waals surface area contributed by atoms with Gasteiger partial charge in [-0.1, -0.05) is 44.2 Å². The molecule has 0 aromatic heterocycles. The predicted octanol–water partition coefficient (Wildman–Crippen LogP) is 4.91. The number of benzene rings is 1. The molecule has 6 aliphatic rings. The van der Waals surface area contributed by atoms with Crippen molar-refractivity contribution in [3.05, 3.63) is 52.7 Å². The molecule has 2 amide bonds. The Morgan fingerprint density at radius 3 is 2.27 bits per heavy atom. The molecule has 1 heterocycles. The van der Waals surface area contributed by atoms with E-state index in [4.69, 9.17) is 4.74 Å². The summed E-state index contributed by atoms with van der Waals surface area (Å²) in [6.45, 7) is 7.09. The van der Waals surface area contributed by atoms with Crippen molar-refractivity contribution in [2.75, 3.05) is 26.3 Å². The standard InChI is InChI=1S/C33H44N4O3/c1-22(2)29(35-32(39)33-18-24-14-25(19-33)16-26(15-24)20-33)31(38)36-34-21-28-9-8-27(17-23-6-4-3-5-7-23)30(28)37-10-12-40-13-11-37/h3-7,17,21-22,24-26,29H,8-16,18-20H2,1-2H3,(H,35,39)(H,36,38)/b27-17+,34-21-/t24?,25?,26?,29-,33?/m1/s1. The van der Waals surface area contributed by atoms with Gasteiger partial charge in [-0.3, -0.25) is 9.59 Å². The van der Waals surface area contributed by atoms with Crippen molar-refractivity contribution in [2.24, 2.45) is 34.2 Å². The van der Waals surface area contributed by atoms with Crippen LogP contribution in [0.3, 0.4) is 0 Å². The van der Waals surface area contributed by atoms with Crippen LogP contribution in [0.2, 0.25) is 0 Å². The summed E-state index contributed by atoms with van der Waals surface area (Å²) in [5.74, 6) is 1.89. The maximum absolute atomic E-state index is 13.6. The molecule has 0 unspecified atom stereocenters. The van der Waals surface area contributed by atoms with Gasteiger partial charge in [0.05, 0.1) is 19.4 Å². The van der Waals surface area contributed by atoms with Crippen molar-refractivity contribution in [2.45, 2.75) is 71.3 Å². The van der Waals surface area contributed by atoms with Gasteiger partial charge in [0, 0.05) is 24.2 Å². The monoisotopic (exact) mass is 544 g/mol. The number of carbonyl (C=O) groups excluding carboxylic acids is 2. The summed E-state index contributed by atoms with van der Waals surface area (Å²) in [7, 11) is 0. The number of ether oxygens (including phenoxy) is 1. The number of hydrogen-bond acceptors (Lipinski definition) is 5. The number of morpholine rings is 1. The topological polar surface area (TPSA) is 83.0 Å². The number of nitrogens with zero attached hydrogens (tertiary/aromatic N) is 2. The number of amides is 2. The molecule has 4 saturated carbocycles. The Hall–Kier alpha value is -2.93. The molecule has 1 aromatic rings. The fourth-order valence-corrected chi connectivity index (χ4v) is 8.38. The lowest BCUT2D eigenvalue weighted by molar-refractivity contribution is -0.149. The minimum absolute atomic E-state index is 0.0249. The number of rotatable bonds is 8. The third-order valence-corrected chi connectivity index (χ3v) is 9.89. The van der Waals surface area contributed by atoms with Crippen LogP contribution < -0.4 is 10.7 Å². The van der Waals surface area contributed by atoms with Gasteiger partial charge in [-0.15, -0.1) is 0 Å². The van der Waals surface area contributed by atoms with Gasteiger partial charge >= 0.3 is 0 Å². The number of nitrogens with one attached hydrogen (secondary N) is 2. The van der Waals surface area contributed by atoms with Gasteiger partial charge in [-0.2, -0.15) is 5.10 Å². The van der Waals surface area contributed by atoms with Crippen molar-refractivity contribution in [1.82, 2.24) is 15.6 Å². The van der Waals surface area contributed by atoms with Crippen LogP contribution in [0.5, 0.6) is 0 Å². The van der Waals surface area contributed by atoms with Crippen LogP contribution >= 0.6 is 0 Å². The zero-order chi connectivity index (χ0) is 27.7. The van der Waals surface area contributed by atoms with Crippen molar-refractivity contribution in [3.8, 4) is 0 Å². The first-order valence-electron chi connectivity index (χ1n) is 15.4. The van der Waals surface area contributed by atoms with E-state index in [0.29, 0.717) is 31.0 Å². The van der Waals surface area contributed by atoms with E-state index in [2.05, 4.69) is 51.1 Å². The molecule has 7 heteroatoms. The molecule has 214 valence electrons. The van der Waals surface area contributed by atoms with Crippen LogP contribution in [-0.4, -0.2) is 55.3 Å². The van der Waals surface area contributed by atoms with Crippen LogP contribution in [-0.2, 0) is 14.3 Å². The number of hydrogen-bond donors (Lipinski definition) is 2. The Morgan fingerprint density at radius 2 is 1.65 bits per heavy atom. The Balaban J connectivity index is 1.15. The quantitative estimate of drug-likeness (QED) is 0.360. The maximum Gasteiger partial charge on any atom is 0.262 e. The summed E-state index contributed by atoms with van der Waals surface area (Å²) < 4.78 is 5.61. The first-order valence-corrected chi connectivity index (χ1v) is 15.4. The molecular weight excluding hydrogens is 500 g/mol. The molecule has 1 aliphatic heterocycles. The lowest BCUT2D eigenvalue weighted by Crippen LogP contribution is -2.58. The summed E-state index contributed by atoms with van der Waals surface area (Å²) in [5.41, 5.74) is 7.32. The molecule has 7 rings (SSSR count). The smallest absolute Gasteiger partial charge is 0.262 e. The molecule has 4 bridgehead atoms. The van der Waals surface area contributed by atoms with Gasteiger partial charge in [0.1, 0.15) is 6.04 Å². The van der Waals surface area contributed by atoms with E-state index < -0.39 is 6.04 Å². The third kappa shape index (κ3) is 5.63. The van der Waals surface area contributed by atoms with Crippen molar-refractivity contribution in [1.29, 1.82) is 0 Å². The van der Waals surface area contributed by atoms with Crippen molar-refractivity contribution in [3.63, 3.8) is 0 Å². The van der Waals surface area contributed by atoms with Crippen LogP contribution in [0.4, 0.5) is 0 Å². The van der Waals surface area contributed by atoms with Gasteiger partial charge in [0.2, 0.25) is 5.91 Å². The van der Waals surface area contributed by atoms with E-state index in [-0.39, 0.29) is 23.1 Å². The molecular formula is C33H44N4O3. The van der Waals surface area contributed by atoms with E-state index in [1.165, 1.54) is 36.1 Å². The Kier molecular flexibility index (Phi) is 7.84. The molecule has 0 spiro atoms. The van der Waals surface area contributed by atoms with E-state index >= 15 is 0 Å². The van der Waals surface area contributed by atoms with E-state index in [9.17, 15) is 9.59 Å². The molecule has 7 nitrogen and oxygen atoms in total. The Labute approximate surface area is 238 Å². The predicted molar refractivity (Wildman–Crippen MR) is 157 cm³/mol. The fraction of sp³-hybridized carbons (Fsp3) is 0.606. The van der Waals surface area contributed by atoms with Gasteiger partial charge in [0.25, 0.3) is 5.91 Å². The van der Waals surface area contributed by atoms with E-state index in [1.54, 1.807) is 0 Å². The highest BCUT2D eigenvalue weighted by Gasteiger charge is 2.55.